The molecule has 0 aromatic heterocycles. The smallest absolute Gasteiger partial charge is 0.0443 e. The van der Waals surface area contributed by atoms with Gasteiger partial charge in [0.15, 0.2) is 0 Å². The van der Waals surface area contributed by atoms with Crippen LogP contribution < -0.4 is 0 Å². The standard InChI is InChI=1S/C14H22BrNO/c1-3-9-16(10-6-11-17)12(2)13-7-4-5-8-14(13)15/h4-5,7-8,12,17H,3,6,9-11H2,1-2H3. The van der Waals surface area contributed by atoms with Gasteiger partial charge in [-0.3, -0.25) is 4.90 Å². The van der Waals surface area contributed by atoms with Crippen molar-refractivity contribution in [3.05, 3.63) is 34.3 Å². The topological polar surface area (TPSA) is 23.5 Å². The number of hydrogen-bond acceptors (Lipinski definition) is 2. The molecule has 0 radical (unpaired) electrons. The van der Waals surface area contributed by atoms with Crippen molar-refractivity contribution in [2.75, 3.05) is 19.7 Å². The third-order valence-corrected chi connectivity index (χ3v) is 3.74. The Morgan fingerprint density at radius 1 is 1.29 bits per heavy atom. The summed E-state index contributed by atoms with van der Waals surface area (Å²) in [5.74, 6) is 0. The van der Waals surface area contributed by atoms with E-state index in [9.17, 15) is 0 Å². The molecule has 2 nitrogen and oxygen atoms in total. The fourth-order valence-electron chi connectivity index (χ4n) is 2.07. The molecule has 0 heterocycles. The first-order valence-corrected chi connectivity index (χ1v) is 7.09. The van der Waals surface area contributed by atoms with E-state index in [1.165, 1.54) is 5.56 Å². The minimum absolute atomic E-state index is 0.267. The zero-order valence-corrected chi connectivity index (χ0v) is 12.3. The number of aliphatic hydroxyl groups excluding tert-OH is 1. The van der Waals surface area contributed by atoms with E-state index in [2.05, 4.69) is 52.9 Å². The third kappa shape index (κ3) is 4.41. The molecule has 0 aliphatic heterocycles. The molecule has 1 unspecified atom stereocenters. The van der Waals surface area contributed by atoms with Gasteiger partial charge in [-0.05, 0) is 37.9 Å². The molecule has 0 saturated carbocycles. The second-order valence-electron chi connectivity index (χ2n) is 4.31. The Bertz CT molecular complexity index is 330. The fraction of sp³-hybridized carbons (Fsp3) is 0.571. The monoisotopic (exact) mass is 299 g/mol. The Hall–Kier alpha value is -0.380. The maximum atomic E-state index is 8.95. The average molecular weight is 300 g/mol. The van der Waals surface area contributed by atoms with Crippen LogP contribution in [0.3, 0.4) is 0 Å². The summed E-state index contributed by atoms with van der Waals surface area (Å²) in [7, 11) is 0. The van der Waals surface area contributed by atoms with Crippen LogP contribution in [0.5, 0.6) is 0 Å². The van der Waals surface area contributed by atoms with E-state index in [1.54, 1.807) is 0 Å². The van der Waals surface area contributed by atoms with Gasteiger partial charge in [-0.2, -0.15) is 0 Å². The van der Waals surface area contributed by atoms with Gasteiger partial charge in [0.2, 0.25) is 0 Å². The lowest BCUT2D eigenvalue weighted by Crippen LogP contribution is -2.29. The molecule has 96 valence electrons. The Morgan fingerprint density at radius 3 is 2.59 bits per heavy atom. The van der Waals surface area contributed by atoms with Gasteiger partial charge in [-0.25, -0.2) is 0 Å². The van der Waals surface area contributed by atoms with E-state index in [1.807, 2.05) is 6.07 Å². The van der Waals surface area contributed by atoms with Crippen LogP contribution in [0, 0.1) is 0 Å². The molecule has 17 heavy (non-hydrogen) atoms. The van der Waals surface area contributed by atoms with Crippen molar-refractivity contribution in [1.29, 1.82) is 0 Å². The summed E-state index contributed by atoms with van der Waals surface area (Å²) in [5, 5.41) is 8.95. The Balaban J connectivity index is 2.76. The highest BCUT2D eigenvalue weighted by Gasteiger charge is 2.16. The summed E-state index contributed by atoms with van der Waals surface area (Å²) >= 11 is 3.61. The summed E-state index contributed by atoms with van der Waals surface area (Å²) in [5.41, 5.74) is 1.32. The van der Waals surface area contributed by atoms with Crippen molar-refractivity contribution in [2.24, 2.45) is 0 Å². The van der Waals surface area contributed by atoms with Gasteiger partial charge < -0.3 is 5.11 Å². The van der Waals surface area contributed by atoms with E-state index in [0.717, 1.165) is 30.4 Å². The Morgan fingerprint density at radius 2 is 2.00 bits per heavy atom. The van der Waals surface area contributed by atoms with Gasteiger partial charge in [0.1, 0.15) is 0 Å². The van der Waals surface area contributed by atoms with Crippen LogP contribution in [0.1, 0.15) is 38.3 Å². The number of nitrogens with zero attached hydrogens (tertiary/aromatic N) is 1. The van der Waals surface area contributed by atoms with E-state index in [0.29, 0.717) is 6.04 Å². The van der Waals surface area contributed by atoms with Crippen molar-refractivity contribution < 1.29 is 5.11 Å². The van der Waals surface area contributed by atoms with Crippen molar-refractivity contribution in [3.8, 4) is 0 Å². The van der Waals surface area contributed by atoms with E-state index in [-0.39, 0.29) is 6.61 Å². The Kier molecular flexibility index (Phi) is 6.78. The third-order valence-electron chi connectivity index (χ3n) is 3.02. The molecular formula is C14H22BrNO. The predicted octanol–water partition coefficient (Wildman–Crippen LogP) is 3.60. The van der Waals surface area contributed by atoms with Gasteiger partial charge in [-0.1, -0.05) is 41.1 Å². The molecule has 3 heteroatoms. The van der Waals surface area contributed by atoms with Crippen LogP contribution in [0.4, 0.5) is 0 Å². The molecule has 0 amide bonds. The molecule has 0 fully saturated rings. The van der Waals surface area contributed by atoms with Gasteiger partial charge >= 0.3 is 0 Å². The highest BCUT2D eigenvalue weighted by Crippen LogP contribution is 2.27. The van der Waals surface area contributed by atoms with Gasteiger partial charge in [-0.15, -0.1) is 0 Å². The van der Waals surface area contributed by atoms with E-state index in [4.69, 9.17) is 5.11 Å². The molecule has 0 bridgehead atoms. The minimum Gasteiger partial charge on any atom is -0.396 e. The van der Waals surface area contributed by atoms with E-state index < -0.39 is 0 Å². The van der Waals surface area contributed by atoms with Crippen molar-refractivity contribution in [2.45, 2.75) is 32.7 Å². The van der Waals surface area contributed by atoms with Crippen LogP contribution in [-0.4, -0.2) is 29.7 Å². The summed E-state index contributed by atoms with van der Waals surface area (Å²) in [6, 6.07) is 8.75. The van der Waals surface area contributed by atoms with Crippen LogP contribution in [-0.2, 0) is 0 Å². The maximum absolute atomic E-state index is 8.95. The highest BCUT2D eigenvalue weighted by molar-refractivity contribution is 9.10. The van der Waals surface area contributed by atoms with Crippen LogP contribution >= 0.6 is 15.9 Å². The number of aliphatic hydroxyl groups is 1. The zero-order chi connectivity index (χ0) is 12.7. The first-order chi connectivity index (χ1) is 8.20. The molecule has 1 N–H and O–H groups in total. The van der Waals surface area contributed by atoms with Gasteiger partial charge in [0.05, 0.1) is 0 Å². The maximum Gasteiger partial charge on any atom is 0.0443 e. The fourth-order valence-corrected chi connectivity index (χ4v) is 2.69. The lowest BCUT2D eigenvalue weighted by molar-refractivity contribution is 0.183. The molecule has 1 atom stereocenters. The molecule has 0 spiro atoms. The molecule has 1 rings (SSSR count). The SMILES string of the molecule is CCCN(CCCO)C(C)c1ccccc1Br. The second-order valence-corrected chi connectivity index (χ2v) is 5.16. The highest BCUT2D eigenvalue weighted by atomic mass is 79.9. The van der Waals surface area contributed by atoms with Crippen LogP contribution in [0.25, 0.3) is 0 Å². The van der Waals surface area contributed by atoms with Gasteiger partial charge in [0.25, 0.3) is 0 Å². The number of benzene rings is 1. The van der Waals surface area contributed by atoms with Crippen molar-refractivity contribution >= 4 is 15.9 Å². The number of halogens is 1. The number of rotatable bonds is 7. The quantitative estimate of drug-likeness (QED) is 0.831. The lowest BCUT2D eigenvalue weighted by Gasteiger charge is -2.29. The second kappa shape index (κ2) is 7.85. The van der Waals surface area contributed by atoms with Crippen molar-refractivity contribution in [3.63, 3.8) is 0 Å². The molecule has 1 aromatic carbocycles. The zero-order valence-electron chi connectivity index (χ0n) is 10.7. The minimum atomic E-state index is 0.267. The normalized spacial score (nSPS) is 13.0. The largest absolute Gasteiger partial charge is 0.396 e. The lowest BCUT2D eigenvalue weighted by atomic mass is 10.1. The number of hydrogen-bond donors (Lipinski definition) is 1. The average Bonchev–Trinajstić information content (AvgIpc) is 2.34. The van der Waals surface area contributed by atoms with Crippen LogP contribution in [0.2, 0.25) is 0 Å². The summed E-state index contributed by atoms with van der Waals surface area (Å²) in [6.45, 7) is 6.71. The molecular weight excluding hydrogens is 278 g/mol. The molecule has 0 aliphatic rings. The molecule has 0 aliphatic carbocycles. The first-order valence-electron chi connectivity index (χ1n) is 6.30. The van der Waals surface area contributed by atoms with Crippen molar-refractivity contribution in [1.82, 2.24) is 4.90 Å². The first kappa shape index (κ1) is 14.7. The summed E-state index contributed by atoms with van der Waals surface area (Å²) in [4.78, 5) is 2.43. The summed E-state index contributed by atoms with van der Waals surface area (Å²) < 4.78 is 1.16. The summed E-state index contributed by atoms with van der Waals surface area (Å²) in [6.07, 6.45) is 1.98. The molecule has 0 saturated heterocycles. The predicted molar refractivity (Wildman–Crippen MR) is 76.1 cm³/mol. The molecule has 1 aromatic rings. The van der Waals surface area contributed by atoms with E-state index >= 15 is 0 Å². The van der Waals surface area contributed by atoms with Gasteiger partial charge in [0, 0.05) is 23.7 Å². The van der Waals surface area contributed by atoms with Crippen LogP contribution in [0.15, 0.2) is 28.7 Å². The Labute approximate surface area is 113 Å².